The van der Waals surface area contributed by atoms with Gasteiger partial charge < -0.3 is 10.2 Å². The lowest BCUT2D eigenvalue weighted by molar-refractivity contribution is 0.477. The quantitative estimate of drug-likeness (QED) is 0.411. The van der Waals surface area contributed by atoms with Gasteiger partial charge in [0.15, 0.2) is 5.96 Å². The number of rotatable bonds is 6. The minimum atomic E-state index is 0. The Hall–Kier alpha value is -0.670. The summed E-state index contributed by atoms with van der Waals surface area (Å²) in [7, 11) is 2.07. The van der Waals surface area contributed by atoms with Gasteiger partial charge in [-0.1, -0.05) is 6.92 Å². The molecule has 22 heavy (non-hydrogen) atoms. The lowest BCUT2D eigenvalue weighted by Gasteiger charge is -2.21. The summed E-state index contributed by atoms with van der Waals surface area (Å²) in [6.45, 7) is 6.58. The summed E-state index contributed by atoms with van der Waals surface area (Å²) in [6, 6.07) is 2.15. The van der Waals surface area contributed by atoms with Crippen molar-refractivity contribution in [3.8, 4) is 0 Å². The van der Waals surface area contributed by atoms with E-state index in [0.717, 1.165) is 31.2 Å². The molecule has 122 valence electrons. The number of thiazole rings is 1. The van der Waals surface area contributed by atoms with E-state index in [4.69, 9.17) is 4.99 Å². The second kappa shape index (κ2) is 10.2. The fourth-order valence-corrected chi connectivity index (χ4v) is 3.34. The molecule has 0 amide bonds. The van der Waals surface area contributed by atoms with Gasteiger partial charge >= 0.3 is 0 Å². The molecule has 0 atom stereocenters. The molecular weight excluding hydrogens is 427 g/mol. The zero-order chi connectivity index (χ0) is 15.1. The van der Waals surface area contributed by atoms with Gasteiger partial charge in [-0.2, -0.15) is 11.3 Å². The van der Waals surface area contributed by atoms with E-state index < -0.39 is 0 Å². The summed E-state index contributed by atoms with van der Waals surface area (Å²) in [5.74, 6) is 0.926. The molecule has 4 nitrogen and oxygen atoms in total. The summed E-state index contributed by atoms with van der Waals surface area (Å²) >= 11 is 3.44. The van der Waals surface area contributed by atoms with Crippen LogP contribution in [0.1, 0.15) is 30.1 Å². The molecule has 0 saturated heterocycles. The summed E-state index contributed by atoms with van der Waals surface area (Å²) in [5.41, 5.74) is 2.37. The number of guanidine groups is 1. The maximum Gasteiger partial charge on any atom is 0.194 e. The lowest BCUT2D eigenvalue weighted by Crippen LogP contribution is -2.38. The Labute approximate surface area is 157 Å². The van der Waals surface area contributed by atoms with Crippen LogP contribution >= 0.6 is 46.7 Å². The number of nitrogens with zero attached hydrogens (tertiary/aromatic N) is 3. The highest BCUT2D eigenvalue weighted by Crippen LogP contribution is 2.12. The van der Waals surface area contributed by atoms with Crippen molar-refractivity contribution in [2.24, 2.45) is 4.99 Å². The number of aliphatic imine (C=N–C) groups is 1. The van der Waals surface area contributed by atoms with Gasteiger partial charge in [-0.3, -0.25) is 0 Å². The van der Waals surface area contributed by atoms with Gasteiger partial charge in [0.1, 0.15) is 0 Å². The molecule has 0 aliphatic carbocycles. The topological polar surface area (TPSA) is 40.5 Å². The monoisotopic (exact) mass is 450 g/mol. The summed E-state index contributed by atoms with van der Waals surface area (Å²) < 4.78 is 0. The standard InChI is InChI=1S/C15H22N4S2.HI/c1-4-14-18-13(11-21-14)8-17-15(16-5-2)19(3)9-12-6-7-20-10-12;/h6-7,10-11H,4-5,8-9H2,1-3H3,(H,16,17);1H. The Bertz CT molecular complexity index is 566. The molecule has 0 fully saturated rings. The molecule has 1 N–H and O–H groups in total. The molecule has 0 bridgehead atoms. The van der Waals surface area contributed by atoms with Crippen molar-refractivity contribution < 1.29 is 0 Å². The van der Waals surface area contributed by atoms with Crippen LogP contribution in [0, 0.1) is 0 Å². The molecule has 2 aromatic heterocycles. The van der Waals surface area contributed by atoms with E-state index in [9.17, 15) is 0 Å². The van der Waals surface area contributed by atoms with Crippen LogP contribution in [0.4, 0.5) is 0 Å². The molecule has 0 spiro atoms. The largest absolute Gasteiger partial charge is 0.357 e. The number of thiophene rings is 1. The highest BCUT2D eigenvalue weighted by Gasteiger charge is 2.07. The zero-order valence-electron chi connectivity index (χ0n) is 13.2. The Morgan fingerprint density at radius 2 is 2.18 bits per heavy atom. The van der Waals surface area contributed by atoms with E-state index in [1.165, 1.54) is 10.6 Å². The van der Waals surface area contributed by atoms with Crippen molar-refractivity contribution in [2.75, 3.05) is 13.6 Å². The number of nitrogens with one attached hydrogen (secondary N) is 1. The van der Waals surface area contributed by atoms with Crippen molar-refractivity contribution in [2.45, 2.75) is 33.4 Å². The molecule has 0 aliphatic heterocycles. The Balaban J connectivity index is 0.00000242. The van der Waals surface area contributed by atoms with E-state index in [0.29, 0.717) is 6.54 Å². The first kappa shape index (κ1) is 19.4. The first-order chi connectivity index (χ1) is 10.2. The Morgan fingerprint density at radius 3 is 2.77 bits per heavy atom. The van der Waals surface area contributed by atoms with Gasteiger partial charge in [-0.25, -0.2) is 9.98 Å². The Morgan fingerprint density at radius 1 is 1.36 bits per heavy atom. The number of halogens is 1. The first-order valence-corrected chi connectivity index (χ1v) is 8.99. The minimum absolute atomic E-state index is 0. The van der Waals surface area contributed by atoms with E-state index >= 15 is 0 Å². The van der Waals surface area contributed by atoms with Crippen LogP contribution in [0.25, 0.3) is 0 Å². The van der Waals surface area contributed by atoms with Crippen LogP contribution in [0.3, 0.4) is 0 Å². The van der Waals surface area contributed by atoms with Crippen molar-refractivity contribution in [3.63, 3.8) is 0 Å². The molecule has 0 aliphatic rings. The smallest absolute Gasteiger partial charge is 0.194 e. The van der Waals surface area contributed by atoms with Gasteiger partial charge in [0.05, 0.1) is 17.2 Å². The molecule has 0 aromatic carbocycles. The van der Waals surface area contributed by atoms with Crippen molar-refractivity contribution >= 4 is 52.6 Å². The summed E-state index contributed by atoms with van der Waals surface area (Å²) in [5, 5.41) is 10.9. The SMILES string of the molecule is CCNC(=NCc1csc(CC)n1)N(C)Cc1ccsc1.I. The number of hydrogen-bond donors (Lipinski definition) is 1. The molecule has 2 aromatic rings. The van der Waals surface area contributed by atoms with E-state index in [2.05, 4.69) is 58.3 Å². The average molecular weight is 450 g/mol. The van der Waals surface area contributed by atoms with Gasteiger partial charge in [0, 0.05) is 25.5 Å². The molecule has 0 radical (unpaired) electrons. The molecular formula is C15H23IN4S2. The van der Waals surface area contributed by atoms with Crippen LogP contribution in [0.2, 0.25) is 0 Å². The van der Waals surface area contributed by atoms with E-state index in [-0.39, 0.29) is 24.0 Å². The highest BCUT2D eigenvalue weighted by molar-refractivity contribution is 14.0. The first-order valence-electron chi connectivity index (χ1n) is 7.16. The van der Waals surface area contributed by atoms with Gasteiger partial charge in [-0.15, -0.1) is 35.3 Å². The van der Waals surface area contributed by atoms with Crippen LogP contribution in [-0.2, 0) is 19.5 Å². The molecule has 7 heteroatoms. The zero-order valence-corrected chi connectivity index (χ0v) is 17.2. The van der Waals surface area contributed by atoms with E-state index in [1.54, 1.807) is 22.7 Å². The fourth-order valence-electron chi connectivity index (χ4n) is 1.94. The lowest BCUT2D eigenvalue weighted by atomic mass is 10.3. The molecule has 2 heterocycles. The third-order valence-electron chi connectivity index (χ3n) is 2.99. The number of hydrogen-bond acceptors (Lipinski definition) is 4. The van der Waals surface area contributed by atoms with Crippen molar-refractivity contribution in [1.82, 2.24) is 15.2 Å². The van der Waals surface area contributed by atoms with Crippen LogP contribution in [0.5, 0.6) is 0 Å². The van der Waals surface area contributed by atoms with Crippen LogP contribution in [-0.4, -0.2) is 29.4 Å². The Kier molecular flexibility index (Phi) is 8.96. The minimum Gasteiger partial charge on any atom is -0.357 e. The second-order valence-electron chi connectivity index (χ2n) is 4.74. The number of aryl methyl sites for hydroxylation is 1. The third-order valence-corrected chi connectivity index (χ3v) is 4.76. The highest BCUT2D eigenvalue weighted by atomic mass is 127. The average Bonchev–Trinajstić information content (AvgIpc) is 3.14. The predicted molar refractivity (Wildman–Crippen MR) is 108 cm³/mol. The maximum atomic E-state index is 4.69. The maximum absolute atomic E-state index is 4.69. The van der Waals surface area contributed by atoms with Crippen molar-refractivity contribution in [3.05, 3.63) is 38.5 Å². The van der Waals surface area contributed by atoms with Gasteiger partial charge in [0.25, 0.3) is 0 Å². The van der Waals surface area contributed by atoms with Crippen molar-refractivity contribution in [1.29, 1.82) is 0 Å². The van der Waals surface area contributed by atoms with Gasteiger partial charge in [-0.05, 0) is 35.7 Å². The van der Waals surface area contributed by atoms with Gasteiger partial charge in [0.2, 0.25) is 0 Å². The summed E-state index contributed by atoms with van der Waals surface area (Å²) in [4.78, 5) is 11.4. The summed E-state index contributed by atoms with van der Waals surface area (Å²) in [6.07, 6.45) is 0.993. The third kappa shape index (κ3) is 5.85. The normalized spacial score (nSPS) is 11.1. The predicted octanol–water partition coefficient (Wildman–Crippen LogP) is 3.98. The molecule has 0 unspecified atom stereocenters. The molecule has 0 saturated carbocycles. The van der Waals surface area contributed by atoms with E-state index in [1.807, 2.05) is 0 Å². The van der Waals surface area contributed by atoms with Crippen LogP contribution in [0.15, 0.2) is 27.2 Å². The second-order valence-corrected chi connectivity index (χ2v) is 6.47. The fraction of sp³-hybridized carbons (Fsp3) is 0.467. The van der Waals surface area contributed by atoms with Crippen LogP contribution < -0.4 is 5.32 Å². The number of aromatic nitrogens is 1. The molecule has 2 rings (SSSR count).